The van der Waals surface area contributed by atoms with Crippen LogP contribution in [0.4, 0.5) is 13.2 Å². The van der Waals surface area contributed by atoms with E-state index in [2.05, 4.69) is 0 Å². The highest BCUT2D eigenvalue weighted by Gasteiger charge is 2.19. The first kappa shape index (κ1) is 12.0. The quantitative estimate of drug-likeness (QED) is 0.773. The maximum Gasteiger partial charge on any atom is 0.161 e. The van der Waals surface area contributed by atoms with Crippen LogP contribution in [-0.4, -0.2) is 0 Å². The molecular formula is C11H14F3N. The van der Waals surface area contributed by atoms with Crippen molar-refractivity contribution >= 4 is 0 Å². The third kappa shape index (κ3) is 2.50. The molecule has 1 unspecified atom stereocenters. The second-order valence-electron chi connectivity index (χ2n) is 3.70. The second-order valence-corrected chi connectivity index (χ2v) is 3.70. The summed E-state index contributed by atoms with van der Waals surface area (Å²) in [5, 5.41) is 0. The molecule has 0 saturated heterocycles. The predicted octanol–water partition coefficient (Wildman–Crippen LogP) is 3.15. The van der Waals surface area contributed by atoms with E-state index in [1.807, 2.05) is 13.8 Å². The highest BCUT2D eigenvalue weighted by molar-refractivity contribution is 5.23. The van der Waals surface area contributed by atoms with Gasteiger partial charge in [0, 0.05) is 17.7 Å². The minimum absolute atomic E-state index is 0.0179. The Bertz CT molecular complexity index is 352. The summed E-state index contributed by atoms with van der Waals surface area (Å²) in [4.78, 5) is 0. The molecule has 0 aliphatic rings. The van der Waals surface area contributed by atoms with E-state index >= 15 is 0 Å². The van der Waals surface area contributed by atoms with Crippen LogP contribution < -0.4 is 5.73 Å². The lowest BCUT2D eigenvalue weighted by molar-refractivity contribution is 0.427. The Morgan fingerprint density at radius 3 is 2.20 bits per heavy atom. The molecule has 0 aliphatic heterocycles. The molecule has 1 aromatic rings. The molecule has 1 rings (SSSR count). The Morgan fingerprint density at radius 2 is 1.67 bits per heavy atom. The highest BCUT2D eigenvalue weighted by Crippen LogP contribution is 2.25. The summed E-state index contributed by atoms with van der Waals surface area (Å²) >= 11 is 0. The summed E-state index contributed by atoms with van der Waals surface area (Å²) in [6.07, 6.45) is 0.750. The first-order valence-corrected chi connectivity index (χ1v) is 4.87. The molecule has 1 nitrogen and oxygen atoms in total. The van der Waals surface area contributed by atoms with Gasteiger partial charge >= 0.3 is 0 Å². The third-order valence-corrected chi connectivity index (χ3v) is 2.66. The molecule has 0 bridgehead atoms. The van der Waals surface area contributed by atoms with Gasteiger partial charge in [0.25, 0.3) is 0 Å². The van der Waals surface area contributed by atoms with E-state index in [0.29, 0.717) is 6.07 Å². The number of nitrogens with two attached hydrogens (primary N) is 1. The lowest BCUT2D eigenvalue weighted by Gasteiger charge is -2.19. The van der Waals surface area contributed by atoms with Crippen molar-refractivity contribution in [2.75, 3.05) is 0 Å². The SMILES string of the molecule is CCC(C)[C@@H](N)c1cc(F)c(F)cc1F. The van der Waals surface area contributed by atoms with Crippen molar-refractivity contribution in [1.82, 2.24) is 0 Å². The van der Waals surface area contributed by atoms with Crippen LogP contribution in [0.1, 0.15) is 31.9 Å². The molecule has 84 valence electrons. The van der Waals surface area contributed by atoms with E-state index in [9.17, 15) is 13.2 Å². The average molecular weight is 217 g/mol. The van der Waals surface area contributed by atoms with Gasteiger partial charge in [-0.15, -0.1) is 0 Å². The Balaban J connectivity index is 3.09. The van der Waals surface area contributed by atoms with Gasteiger partial charge in [0.15, 0.2) is 11.6 Å². The molecule has 2 atom stereocenters. The van der Waals surface area contributed by atoms with Crippen LogP contribution in [0.25, 0.3) is 0 Å². The molecule has 15 heavy (non-hydrogen) atoms. The molecule has 0 amide bonds. The van der Waals surface area contributed by atoms with Crippen molar-refractivity contribution in [3.05, 3.63) is 35.1 Å². The first-order chi connectivity index (χ1) is 6.97. The number of rotatable bonds is 3. The maximum absolute atomic E-state index is 13.3. The molecule has 0 fully saturated rings. The van der Waals surface area contributed by atoms with Crippen molar-refractivity contribution in [1.29, 1.82) is 0 Å². The van der Waals surface area contributed by atoms with Crippen LogP contribution >= 0.6 is 0 Å². The van der Waals surface area contributed by atoms with Crippen molar-refractivity contribution in [2.24, 2.45) is 11.7 Å². The normalized spacial score (nSPS) is 15.1. The monoisotopic (exact) mass is 217 g/mol. The zero-order chi connectivity index (χ0) is 11.6. The van der Waals surface area contributed by atoms with Crippen molar-refractivity contribution in [3.8, 4) is 0 Å². The minimum Gasteiger partial charge on any atom is -0.324 e. The summed E-state index contributed by atoms with van der Waals surface area (Å²) < 4.78 is 38.8. The van der Waals surface area contributed by atoms with Gasteiger partial charge in [-0.2, -0.15) is 0 Å². The number of hydrogen-bond acceptors (Lipinski definition) is 1. The fraction of sp³-hybridized carbons (Fsp3) is 0.455. The summed E-state index contributed by atoms with van der Waals surface area (Å²) in [6, 6.07) is 0.763. The van der Waals surface area contributed by atoms with Gasteiger partial charge in [0.2, 0.25) is 0 Å². The van der Waals surface area contributed by atoms with Gasteiger partial charge in [-0.05, 0) is 12.0 Å². The van der Waals surface area contributed by atoms with Gasteiger partial charge in [-0.1, -0.05) is 20.3 Å². The lowest BCUT2D eigenvalue weighted by atomic mass is 9.93. The molecule has 0 aromatic heterocycles. The molecule has 0 aliphatic carbocycles. The molecule has 1 aromatic carbocycles. The van der Waals surface area contributed by atoms with Crippen molar-refractivity contribution in [2.45, 2.75) is 26.3 Å². The van der Waals surface area contributed by atoms with Crippen molar-refractivity contribution in [3.63, 3.8) is 0 Å². The Hall–Kier alpha value is -1.03. The van der Waals surface area contributed by atoms with E-state index in [4.69, 9.17) is 5.73 Å². The first-order valence-electron chi connectivity index (χ1n) is 4.87. The molecular weight excluding hydrogens is 203 g/mol. The predicted molar refractivity (Wildman–Crippen MR) is 52.7 cm³/mol. The van der Waals surface area contributed by atoms with Crippen LogP contribution in [-0.2, 0) is 0 Å². The van der Waals surface area contributed by atoms with Crippen LogP contribution in [0.2, 0.25) is 0 Å². The maximum atomic E-state index is 13.3. The molecule has 4 heteroatoms. The second kappa shape index (κ2) is 4.66. The minimum atomic E-state index is -1.19. The summed E-state index contributed by atoms with van der Waals surface area (Å²) in [5.41, 5.74) is 5.77. The van der Waals surface area contributed by atoms with Gasteiger partial charge in [-0.3, -0.25) is 0 Å². The number of benzene rings is 1. The van der Waals surface area contributed by atoms with Gasteiger partial charge in [0.05, 0.1) is 0 Å². The Morgan fingerprint density at radius 1 is 1.13 bits per heavy atom. The zero-order valence-electron chi connectivity index (χ0n) is 8.73. The average Bonchev–Trinajstić information content (AvgIpc) is 2.21. The van der Waals surface area contributed by atoms with Gasteiger partial charge < -0.3 is 5.73 Å². The Labute approximate surface area is 87.1 Å². The van der Waals surface area contributed by atoms with E-state index in [0.717, 1.165) is 12.5 Å². The lowest BCUT2D eigenvalue weighted by Crippen LogP contribution is -2.20. The molecule has 0 spiro atoms. The van der Waals surface area contributed by atoms with Crippen LogP contribution in [0.5, 0.6) is 0 Å². The fourth-order valence-electron chi connectivity index (χ4n) is 1.35. The van der Waals surface area contributed by atoms with E-state index in [1.54, 1.807) is 0 Å². The largest absolute Gasteiger partial charge is 0.324 e. The summed E-state index contributed by atoms with van der Waals surface area (Å²) in [5.74, 6) is -3.02. The molecule has 2 N–H and O–H groups in total. The van der Waals surface area contributed by atoms with E-state index in [1.165, 1.54) is 0 Å². The van der Waals surface area contributed by atoms with Crippen LogP contribution in [0.3, 0.4) is 0 Å². The zero-order valence-corrected chi connectivity index (χ0v) is 8.73. The van der Waals surface area contributed by atoms with E-state index in [-0.39, 0.29) is 11.5 Å². The smallest absolute Gasteiger partial charge is 0.161 e. The van der Waals surface area contributed by atoms with E-state index < -0.39 is 23.5 Å². The number of hydrogen-bond donors (Lipinski definition) is 1. The summed E-state index contributed by atoms with van der Waals surface area (Å²) in [6.45, 7) is 3.74. The summed E-state index contributed by atoms with van der Waals surface area (Å²) in [7, 11) is 0. The standard InChI is InChI=1S/C11H14F3N/c1-3-6(2)11(15)7-4-9(13)10(14)5-8(7)12/h4-6,11H,3,15H2,1-2H3/t6?,11-/m1/s1. The molecule has 0 heterocycles. The Kier molecular flexibility index (Phi) is 3.74. The van der Waals surface area contributed by atoms with Gasteiger partial charge in [0.1, 0.15) is 5.82 Å². The third-order valence-electron chi connectivity index (χ3n) is 2.66. The van der Waals surface area contributed by atoms with Crippen LogP contribution in [0.15, 0.2) is 12.1 Å². The van der Waals surface area contributed by atoms with Crippen molar-refractivity contribution < 1.29 is 13.2 Å². The number of halogens is 3. The van der Waals surface area contributed by atoms with Crippen LogP contribution in [0, 0.1) is 23.4 Å². The fourth-order valence-corrected chi connectivity index (χ4v) is 1.35. The highest BCUT2D eigenvalue weighted by atomic mass is 19.2. The molecule has 0 radical (unpaired) electrons. The molecule has 0 saturated carbocycles. The van der Waals surface area contributed by atoms with Gasteiger partial charge in [-0.25, -0.2) is 13.2 Å². The topological polar surface area (TPSA) is 26.0 Å².